The Morgan fingerprint density at radius 1 is 1.43 bits per heavy atom. The van der Waals surface area contributed by atoms with Crippen molar-refractivity contribution in [3.05, 3.63) is 34.5 Å². The van der Waals surface area contributed by atoms with Gasteiger partial charge in [0.2, 0.25) is 5.88 Å². The third kappa shape index (κ3) is 3.21. The second-order valence-corrected chi connectivity index (χ2v) is 6.08. The van der Waals surface area contributed by atoms with Gasteiger partial charge in [0.25, 0.3) is 5.91 Å². The van der Waals surface area contributed by atoms with E-state index in [0.29, 0.717) is 17.5 Å². The van der Waals surface area contributed by atoms with E-state index in [1.165, 1.54) is 0 Å². The van der Waals surface area contributed by atoms with Crippen LogP contribution in [0.25, 0.3) is 10.9 Å². The van der Waals surface area contributed by atoms with Crippen LogP contribution in [0.1, 0.15) is 12.7 Å². The molecule has 8 heteroatoms. The van der Waals surface area contributed by atoms with Crippen molar-refractivity contribution in [3.8, 4) is 5.88 Å². The number of carbonyl (C=O) groups is 1. The van der Waals surface area contributed by atoms with Crippen LogP contribution in [0.2, 0.25) is 0 Å². The number of aryl methyl sites for hydroxylation is 2. The van der Waals surface area contributed by atoms with Crippen molar-refractivity contribution in [2.24, 2.45) is 7.05 Å². The maximum atomic E-state index is 12.2. The van der Waals surface area contributed by atoms with E-state index < -0.39 is 6.10 Å². The third-order valence-electron chi connectivity index (χ3n) is 3.32. The molecule has 3 rings (SSSR count). The van der Waals surface area contributed by atoms with Gasteiger partial charge < -0.3 is 14.6 Å². The number of fused-ring (bicyclic) bond motifs is 1. The number of benzene rings is 1. The first-order valence-electron chi connectivity index (χ1n) is 6.97. The molecule has 0 aliphatic carbocycles. The number of nitrogens with one attached hydrogen (secondary N) is 1. The average molecular weight is 379 g/mol. The van der Waals surface area contributed by atoms with Gasteiger partial charge in [-0.3, -0.25) is 9.48 Å². The fourth-order valence-electron chi connectivity index (χ4n) is 2.17. The standard InChI is InChI=1S/C15H15BrN4O3/c1-8-6-13(19-23-8)17-14(21)9(2)22-15-11-7-10(16)4-5-12(11)20(3)18-15/h4-7,9H,1-3H3,(H,17,19,21)/t9-/m0/s1. The van der Waals surface area contributed by atoms with Crippen LogP contribution in [0.3, 0.4) is 0 Å². The minimum absolute atomic E-state index is 0.327. The molecule has 1 aromatic carbocycles. The summed E-state index contributed by atoms with van der Waals surface area (Å²) in [4.78, 5) is 12.2. The van der Waals surface area contributed by atoms with Crippen LogP contribution < -0.4 is 10.1 Å². The monoisotopic (exact) mass is 378 g/mol. The average Bonchev–Trinajstić information content (AvgIpc) is 3.03. The Kier molecular flexibility index (Phi) is 4.08. The fourth-order valence-corrected chi connectivity index (χ4v) is 2.53. The molecule has 0 saturated carbocycles. The van der Waals surface area contributed by atoms with E-state index in [4.69, 9.17) is 9.26 Å². The van der Waals surface area contributed by atoms with Crippen LogP contribution in [0.5, 0.6) is 5.88 Å². The van der Waals surface area contributed by atoms with E-state index in [0.717, 1.165) is 15.4 Å². The van der Waals surface area contributed by atoms with Crippen molar-refractivity contribution >= 4 is 38.6 Å². The highest BCUT2D eigenvalue weighted by Gasteiger charge is 2.20. The van der Waals surface area contributed by atoms with E-state index in [1.54, 1.807) is 24.6 Å². The van der Waals surface area contributed by atoms with Crippen molar-refractivity contribution in [1.29, 1.82) is 0 Å². The smallest absolute Gasteiger partial charge is 0.266 e. The summed E-state index contributed by atoms with van der Waals surface area (Å²) in [6, 6.07) is 7.40. The molecule has 0 aliphatic rings. The Morgan fingerprint density at radius 2 is 2.22 bits per heavy atom. The largest absolute Gasteiger partial charge is 0.463 e. The van der Waals surface area contributed by atoms with Crippen molar-refractivity contribution < 1.29 is 14.1 Å². The first kappa shape index (κ1) is 15.5. The number of carbonyl (C=O) groups excluding carboxylic acids is 1. The van der Waals surface area contributed by atoms with Crippen LogP contribution in [0.4, 0.5) is 5.82 Å². The summed E-state index contributed by atoms with van der Waals surface area (Å²) in [5.41, 5.74) is 0.919. The molecule has 1 N–H and O–H groups in total. The van der Waals surface area contributed by atoms with Gasteiger partial charge >= 0.3 is 0 Å². The molecule has 0 aliphatic heterocycles. The zero-order valence-electron chi connectivity index (χ0n) is 12.8. The summed E-state index contributed by atoms with van der Waals surface area (Å²) < 4.78 is 13.3. The minimum Gasteiger partial charge on any atom is -0.463 e. The number of rotatable bonds is 4. The first-order chi connectivity index (χ1) is 10.9. The lowest BCUT2D eigenvalue weighted by Crippen LogP contribution is -2.30. The maximum Gasteiger partial charge on any atom is 0.266 e. The Hall–Kier alpha value is -2.35. The van der Waals surface area contributed by atoms with Gasteiger partial charge in [0.15, 0.2) is 11.9 Å². The lowest BCUT2D eigenvalue weighted by Gasteiger charge is -2.11. The van der Waals surface area contributed by atoms with Gasteiger partial charge in [-0.1, -0.05) is 21.1 Å². The molecule has 0 spiro atoms. The van der Waals surface area contributed by atoms with E-state index in [2.05, 4.69) is 31.5 Å². The van der Waals surface area contributed by atoms with E-state index in [-0.39, 0.29) is 5.91 Å². The molecule has 0 saturated heterocycles. The molecule has 2 heterocycles. The molecule has 7 nitrogen and oxygen atoms in total. The third-order valence-corrected chi connectivity index (χ3v) is 3.81. The predicted molar refractivity (Wildman–Crippen MR) is 88.4 cm³/mol. The highest BCUT2D eigenvalue weighted by Crippen LogP contribution is 2.28. The van der Waals surface area contributed by atoms with Gasteiger partial charge in [0, 0.05) is 17.6 Å². The second-order valence-electron chi connectivity index (χ2n) is 5.16. The number of hydrogen-bond donors (Lipinski definition) is 1. The molecular weight excluding hydrogens is 364 g/mol. The minimum atomic E-state index is -0.732. The van der Waals surface area contributed by atoms with Crippen LogP contribution in [-0.4, -0.2) is 26.9 Å². The van der Waals surface area contributed by atoms with Gasteiger partial charge in [0.1, 0.15) is 5.76 Å². The number of aromatic nitrogens is 3. The number of hydrogen-bond acceptors (Lipinski definition) is 5. The predicted octanol–water partition coefficient (Wildman–Crippen LogP) is 3.04. The zero-order valence-corrected chi connectivity index (χ0v) is 14.4. The number of ether oxygens (including phenoxy) is 1. The Balaban J connectivity index is 1.78. The van der Waals surface area contributed by atoms with Crippen LogP contribution in [0, 0.1) is 6.92 Å². The van der Waals surface area contributed by atoms with Gasteiger partial charge in [0.05, 0.1) is 10.9 Å². The molecule has 0 unspecified atom stereocenters. The lowest BCUT2D eigenvalue weighted by molar-refractivity contribution is -0.122. The van der Waals surface area contributed by atoms with Crippen molar-refractivity contribution in [3.63, 3.8) is 0 Å². The summed E-state index contributed by atoms with van der Waals surface area (Å²) in [5, 5.41) is 11.5. The molecule has 1 atom stereocenters. The number of anilines is 1. The number of halogens is 1. The summed E-state index contributed by atoms with van der Waals surface area (Å²) in [7, 11) is 1.83. The maximum absolute atomic E-state index is 12.2. The van der Waals surface area contributed by atoms with Crippen molar-refractivity contribution in [1.82, 2.24) is 14.9 Å². The summed E-state index contributed by atoms with van der Waals surface area (Å²) in [6.45, 7) is 3.40. The number of amides is 1. The van der Waals surface area contributed by atoms with Crippen molar-refractivity contribution in [2.75, 3.05) is 5.32 Å². The highest BCUT2D eigenvalue weighted by molar-refractivity contribution is 9.10. The SMILES string of the molecule is Cc1cc(NC(=O)[C@H](C)Oc2nn(C)c3ccc(Br)cc23)no1. The summed E-state index contributed by atoms with van der Waals surface area (Å²) >= 11 is 3.43. The molecule has 0 radical (unpaired) electrons. The highest BCUT2D eigenvalue weighted by atomic mass is 79.9. The van der Waals surface area contributed by atoms with Crippen LogP contribution >= 0.6 is 15.9 Å². The fraction of sp³-hybridized carbons (Fsp3) is 0.267. The van der Waals surface area contributed by atoms with Gasteiger partial charge in [-0.15, -0.1) is 5.10 Å². The number of nitrogens with zero attached hydrogens (tertiary/aromatic N) is 3. The molecule has 23 heavy (non-hydrogen) atoms. The zero-order chi connectivity index (χ0) is 16.6. The summed E-state index contributed by atoms with van der Waals surface area (Å²) in [5.74, 6) is 1.06. The Bertz CT molecular complexity index is 871. The van der Waals surface area contributed by atoms with Gasteiger partial charge in [-0.2, -0.15) is 0 Å². The van der Waals surface area contributed by atoms with E-state index in [9.17, 15) is 4.79 Å². The Labute approximate surface area is 140 Å². The second kappa shape index (κ2) is 6.04. The lowest BCUT2D eigenvalue weighted by atomic mass is 10.2. The van der Waals surface area contributed by atoms with Crippen LogP contribution in [0.15, 0.2) is 33.3 Å². The van der Waals surface area contributed by atoms with E-state index in [1.807, 2.05) is 25.2 Å². The van der Waals surface area contributed by atoms with E-state index >= 15 is 0 Å². The van der Waals surface area contributed by atoms with Gasteiger partial charge in [-0.05, 0) is 32.0 Å². The normalized spacial score (nSPS) is 12.3. The first-order valence-corrected chi connectivity index (χ1v) is 7.76. The molecular formula is C15H15BrN4O3. The quantitative estimate of drug-likeness (QED) is 0.754. The molecule has 0 fully saturated rings. The topological polar surface area (TPSA) is 82.2 Å². The van der Waals surface area contributed by atoms with Crippen molar-refractivity contribution in [2.45, 2.75) is 20.0 Å². The molecule has 2 aromatic heterocycles. The summed E-state index contributed by atoms with van der Waals surface area (Å²) in [6.07, 6.45) is -0.732. The molecule has 1 amide bonds. The van der Waals surface area contributed by atoms with Crippen LogP contribution in [-0.2, 0) is 11.8 Å². The van der Waals surface area contributed by atoms with Gasteiger partial charge in [-0.25, -0.2) is 0 Å². The molecule has 120 valence electrons. The molecule has 0 bridgehead atoms. The Morgan fingerprint density at radius 3 is 2.91 bits per heavy atom. The molecule has 3 aromatic rings.